The lowest BCUT2D eigenvalue weighted by Gasteiger charge is -2.21. The molecule has 2 N–H and O–H groups in total. The molecule has 6 heteroatoms. The summed E-state index contributed by atoms with van der Waals surface area (Å²) in [5.74, 6) is 1.18. The first-order valence-corrected chi connectivity index (χ1v) is 8.23. The minimum Gasteiger partial charge on any atom is -0.493 e. The maximum atomic E-state index is 12.5. The van der Waals surface area contributed by atoms with Crippen molar-refractivity contribution in [2.45, 2.75) is 19.4 Å². The van der Waals surface area contributed by atoms with Crippen LogP contribution in [-0.2, 0) is 11.2 Å². The van der Waals surface area contributed by atoms with Gasteiger partial charge >= 0.3 is 0 Å². The third kappa shape index (κ3) is 3.03. The Labute approximate surface area is 145 Å². The van der Waals surface area contributed by atoms with Crippen molar-refractivity contribution in [2.24, 2.45) is 0 Å². The molecule has 2 heterocycles. The number of carbonyl (C=O) groups excluding carboxylic acids is 2. The first kappa shape index (κ1) is 15.5. The molecule has 0 radical (unpaired) electrons. The van der Waals surface area contributed by atoms with E-state index in [1.54, 1.807) is 12.1 Å². The van der Waals surface area contributed by atoms with Crippen molar-refractivity contribution >= 4 is 17.5 Å². The van der Waals surface area contributed by atoms with Crippen LogP contribution in [0.5, 0.6) is 11.5 Å². The molecule has 0 spiro atoms. The first-order valence-electron chi connectivity index (χ1n) is 8.23. The van der Waals surface area contributed by atoms with Crippen molar-refractivity contribution in [3.05, 3.63) is 53.1 Å². The van der Waals surface area contributed by atoms with Crippen LogP contribution in [0.4, 0.5) is 5.69 Å². The fourth-order valence-corrected chi connectivity index (χ4v) is 3.06. The maximum Gasteiger partial charge on any atom is 0.262 e. The average molecular weight is 338 g/mol. The van der Waals surface area contributed by atoms with Gasteiger partial charge in [0.05, 0.1) is 18.3 Å². The number of nitrogens with one attached hydrogen (secondary N) is 2. The average Bonchev–Trinajstić information content (AvgIpc) is 3.08. The van der Waals surface area contributed by atoms with Gasteiger partial charge in [0.15, 0.2) is 6.61 Å². The van der Waals surface area contributed by atoms with Crippen molar-refractivity contribution in [3.8, 4) is 11.5 Å². The molecule has 0 saturated carbocycles. The summed E-state index contributed by atoms with van der Waals surface area (Å²) in [6.07, 6.45) is 0.830. The highest BCUT2D eigenvalue weighted by atomic mass is 16.5. The van der Waals surface area contributed by atoms with Crippen molar-refractivity contribution in [2.75, 3.05) is 18.5 Å². The van der Waals surface area contributed by atoms with Crippen molar-refractivity contribution in [1.29, 1.82) is 0 Å². The molecule has 25 heavy (non-hydrogen) atoms. The van der Waals surface area contributed by atoms with Crippen molar-refractivity contribution < 1.29 is 19.1 Å². The Morgan fingerprint density at radius 2 is 2.00 bits per heavy atom. The van der Waals surface area contributed by atoms with Gasteiger partial charge in [-0.1, -0.05) is 6.07 Å². The zero-order valence-corrected chi connectivity index (χ0v) is 13.8. The summed E-state index contributed by atoms with van der Waals surface area (Å²) >= 11 is 0. The smallest absolute Gasteiger partial charge is 0.262 e. The van der Waals surface area contributed by atoms with Gasteiger partial charge in [-0.15, -0.1) is 0 Å². The second-order valence-electron chi connectivity index (χ2n) is 6.21. The molecule has 0 aromatic heterocycles. The van der Waals surface area contributed by atoms with E-state index in [0.717, 1.165) is 23.3 Å². The summed E-state index contributed by atoms with van der Waals surface area (Å²) in [6, 6.07) is 10.8. The van der Waals surface area contributed by atoms with Gasteiger partial charge in [0.2, 0.25) is 0 Å². The second-order valence-corrected chi connectivity index (χ2v) is 6.21. The van der Waals surface area contributed by atoms with Crippen molar-refractivity contribution in [1.82, 2.24) is 5.32 Å². The Kier molecular flexibility index (Phi) is 3.80. The Morgan fingerprint density at radius 3 is 2.88 bits per heavy atom. The molecule has 4 rings (SSSR count). The van der Waals surface area contributed by atoms with Gasteiger partial charge in [0, 0.05) is 12.0 Å². The number of amides is 2. The SMILES string of the molecule is C[C@@H](NC(=O)c1ccc2c(c1)CCO2)c1ccc2c(c1)NC(=O)CO2. The number of rotatable bonds is 3. The molecule has 0 fully saturated rings. The summed E-state index contributed by atoms with van der Waals surface area (Å²) in [4.78, 5) is 24.0. The highest BCUT2D eigenvalue weighted by Crippen LogP contribution is 2.31. The molecule has 0 saturated heterocycles. The molecule has 128 valence electrons. The van der Waals surface area contributed by atoms with Gasteiger partial charge < -0.3 is 20.1 Å². The molecular weight excluding hydrogens is 320 g/mol. The Hall–Kier alpha value is -3.02. The lowest BCUT2D eigenvalue weighted by Crippen LogP contribution is -2.28. The monoisotopic (exact) mass is 338 g/mol. The zero-order valence-electron chi connectivity index (χ0n) is 13.8. The largest absolute Gasteiger partial charge is 0.493 e. The van der Waals surface area contributed by atoms with Gasteiger partial charge in [-0.05, 0) is 48.4 Å². The number of fused-ring (bicyclic) bond motifs is 2. The molecule has 2 aliphatic heterocycles. The van der Waals surface area contributed by atoms with Crippen LogP contribution in [0.1, 0.15) is 34.5 Å². The van der Waals surface area contributed by atoms with E-state index in [9.17, 15) is 9.59 Å². The molecule has 2 aromatic rings. The van der Waals surface area contributed by atoms with Crippen LogP contribution in [0.3, 0.4) is 0 Å². The lowest BCUT2D eigenvalue weighted by molar-refractivity contribution is -0.118. The number of hydrogen-bond donors (Lipinski definition) is 2. The molecule has 1 atom stereocenters. The number of carbonyl (C=O) groups is 2. The van der Waals surface area contributed by atoms with Crippen LogP contribution in [0, 0.1) is 0 Å². The number of anilines is 1. The Bertz CT molecular complexity index is 862. The van der Waals surface area contributed by atoms with Gasteiger partial charge in [-0.25, -0.2) is 0 Å². The fraction of sp³-hybridized carbons (Fsp3) is 0.263. The number of benzene rings is 2. The van der Waals surface area contributed by atoms with Gasteiger partial charge in [-0.2, -0.15) is 0 Å². The number of ether oxygens (including phenoxy) is 2. The second kappa shape index (κ2) is 6.12. The molecule has 2 aromatic carbocycles. The Morgan fingerprint density at radius 1 is 1.16 bits per heavy atom. The summed E-state index contributed by atoms with van der Waals surface area (Å²) in [5, 5.41) is 5.77. The molecular formula is C19H18N2O4. The lowest BCUT2D eigenvalue weighted by atomic mass is 10.0. The highest BCUT2D eigenvalue weighted by Gasteiger charge is 2.19. The molecule has 6 nitrogen and oxygen atoms in total. The Balaban J connectivity index is 1.50. The zero-order chi connectivity index (χ0) is 17.4. The molecule has 0 unspecified atom stereocenters. The normalized spacial score (nSPS) is 16.0. The van der Waals surface area contributed by atoms with Gasteiger partial charge in [-0.3, -0.25) is 9.59 Å². The van der Waals surface area contributed by atoms with E-state index in [2.05, 4.69) is 10.6 Å². The molecule has 2 aliphatic rings. The minimum atomic E-state index is -0.207. The quantitative estimate of drug-likeness (QED) is 0.901. The molecule has 0 bridgehead atoms. The topological polar surface area (TPSA) is 76.7 Å². The maximum absolute atomic E-state index is 12.5. The third-order valence-electron chi connectivity index (χ3n) is 4.44. The van der Waals surface area contributed by atoms with Crippen LogP contribution < -0.4 is 20.1 Å². The van der Waals surface area contributed by atoms with Crippen molar-refractivity contribution in [3.63, 3.8) is 0 Å². The summed E-state index contributed by atoms with van der Waals surface area (Å²) < 4.78 is 10.8. The minimum absolute atomic E-state index is 0.0285. The van der Waals surface area contributed by atoms with Crippen LogP contribution in [-0.4, -0.2) is 25.0 Å². The van der Waals surface area contributed by atoms with Crippen LogP contribution in [0.25, 0.3) is 0 Å². The highest BCUT2D eigenvalue weighted by molar-refractivity contribution is 5.96. The molecule has 2 amide bonds. The van der Waals surface area contributed by atoms with E-state index >= 15 is 0 Å². The van der Waals surface area contributed by atoms with Crippen LogP contribution in [0.2, 0.25) is 0 Å². The van der Waals surface area contributed by atoms with Gasteiger partial charge in [0.25, 0.3) is 11.8 Å². The third-order valence-corrected chi connectivity index (χ3v) is 4.44. The first-order chi connectivity index (χ1) is 12.1. The summed E-state index contributed by atoms with van der Waals surface area (Å²) in [6.45, 7) is 2.60. The predicted octanol–water partition coefficient (Wildman–Crippen LogP) is 2.44. The van der Waals surface area contributed by atoms with E-state index in [-0.39, 0.29) is 24.5 Å². The fourth-order valence-electron chi connectivity index (χ4n) is 3.06. The standard InChI is InChI=1S/C19H18N2O4/c1-11(12-2-5-17-15(9-12)21-18(22)10-25-17)20-19(23)14-3-4-16-13(8-14)6-7-24-16/h2-5,8-9,11H,6-7,10H2,1H3,(H,20,23)(H,21,22)/t11-/m1/s1. The van der Waals surface area contributed by atoms with E-state index in [0.29, 0.717) is 23.6 Å². The summed E-state index contributed by atoms with van der Waals surface area (Å²) in [7, 11) is 0. The van der Waals surface area contributed by atoms with Gasteiger partial charge in [0.1, 0.15) is 11.5 Å². The van der Waals surface area contributed by atoms with Crippen LogP contribution >= 0.6 is 0 Å². The number of hydrogen-bond acceptors (Lipinski definition) is 4. The summed E-state index contributed by atoms with van der Waals surface area (Å²) in [5.41, 5.74) is 3.20. The van der Waals surface area contributed by atoms with Crippen LogP contribution in [0.15, 0.2) is 36.4 Å². The van der Waals surface area contributed by atoms with E-state index < -0.39 is 0 Å². The van der Waals surface area contributed by atoms with E-state index in [4.69, 9.17) is 9.47 Å². The van der Waals surface area contributed by atoms with E-state index in [1.165, 1.54) is 0 Å². The molecule has 0 aliphatic carbocycles. The predicted molar refractivity (Wildman–Crippen MR) is 92.1 cm³/mol. The van der Waals surface area contributed by atoms with E-state index in [1.807, 2.05) is 31.2 Å².